The molecule has 0 spiro atoms. The van der Waals surface area contributed by atoms with Gasteiger partial charge in [-0.1, -0.05) is 35.9 Å². The molecule has 90 valence electrons. The number of rotatable bonds is 4. The third kappa shape index (κ3) is 2.86. The molecule has 1 aromatic carbocycles. The maximum Gasteiger partial charge on any atom is 0.143 e. The molecule has 0 radical (unpaired) electrons. The topological polar surface area (TPSA) is 24.9 Å². The zero-order chi connectivity index (χ0) is 12.3. The third-order valence-electron chi connectivity index (χ3n) is 2.63. The second-order valence-electron chi connectivity index (χ2n) is 3.90. The number of halogens is 1. The first kappa shape index (κ1) is 12.6. The minimum atomic E-state index is 0.642. The molecule has 0 saturated carbocycles. The molecule has 0 aliphatic rings. The van der Waals surface area contributed by atoms with Crippen molar-refractivity contribution >= 4 is 22.9 Å². The van der Waals surface area contributed by atoms with Crippen LogP contribution in [0.2, 0.25) is 5.15 Å². The molecule has 2 nitrogen and oxygen atoms in total. The van der Waals surface area contributed by atoms with Gasteiger partial charge in [0.15, 0.2) is 0 Å². The Hall–Kier alpha value is -0.900. The molecule has 0 fully saturated rings. The summed E-state index contributed by atoms with van der Waals surface area (Å²) in [5.74, 6) is 0. The second kappa shape index (κ2) is 5.63. The summed E-state index contributed by atoms with van der Waals surface area (Å²) in [6, 6.07) is 8.26. The molecule has 0 unspecified atom stereocenters. The van der Waals surface area contributed by atoms with Gasteiger partial charge in [-0.05, 0) is 32.5 Å². The van der Waals surface area contributed by atoms with E-state index in [1.807, 2.05) is 19.2 Å². The number of likely N-dealkylation sites (N-methyl/N-ethyl adjacent to an activating group) is 1. The Bertz CT molecular complexity index is 508. The van der Waals surface area contributed by atoms with Crippen molar-refractivity contribution in [2.75, 3.05) is 13.6 Å². The summed E-state index contributed by atoms with van der Waals surface area (Å²) in [6.45, 7) is 3.02. The van der Waals surface area contributed by atoms with Crippen LogP contribution in [0.5, 0.6) is 0 Å². The number of aromatic nitrogens is 1. The quantitative estimate of drug-likeness (QED) is 0.916. The van der Waals surface area contributed by atoms with E-state index in [-0.39, 0.29) is 0 Å². The zero-order valence-corrected chi connectivity index (χ0v) is 11.5. The van der Waals surface area contributed by atoms with Crippen molar-refractivity contribution in [3.05, 3.63) is 39.9 Å². The molecule has 1 heterocycles. The van der Waals surface area contributed by atoms with Crippen LogP contribution in [0.1, 0.15) is 10.4 Å². The number of nitrogens with one attached hydrogen (secondary N) is 1. The monoisotopic (exact) mass is 266 g/mol. The van der Waals surface area contributed by atoms with Crippen molar-refractivity contribution in [3.63, 3.8) is 0 Å². The summed E-state index contributed by atoms with van der Waals surface area (Å²) < 4.78 is 0. The molecule has 0 saturated heterocycles. The normalized spacial score (nSPS) is 10.8. The minimum absolute atomic E-state index is 0.642. The lowest BCUT2D eigenvalue weighted by Crippen LogP contribution is -2.09. The van der Waals surface area contributed by atoms with Gasteiger partial charge in [-0.2, -0.15) is 0 Å². The second-order valence-corrected chi connectivity index (χ2v) is 5.34. The summed E-state index contributed by atoms with van der Waals surface area (Å²) in [5, 5.41) is 4.78. The van der Waals surface area contributed by atoms with Gasteiger partial charge in [-0.25, -0.2) is 4.98 Å². The van der Waals surface area contributed by atoms with Crippen LogP contribution in [0.25, 0.3) is 10.6 Å². The molecule has 4 heteroatoms. The molecular weight excluding hydrogens is 252 g/mol. The number of hydrogen-bond acceptors (Lipinski definition) is 3. The van der Waals surface area contributed by atoms with Crippen LogP contribution in [0, 0.1) is 6.92 Å². The first-order valence-corrected chi connectivity index (χ1v) is 6.77. The Labute approximate surface area is 111 Å². The van der Waals surface area contributed by atoms with Gasteiger partial charge in [-0.3, -0.25) is 0 Å². The molecular formula is C13H15ClN2S. The summed E-state index contributed by atoms with van der Waals surface area (Å²) in [4.78, 5) is 5.60. The van der Waals surface area contributed by atoms with Crippen LogP contribution in [0.3, 0.4) is 0 Å². The van der Waals surface area contributed by atoms with Crippen LogP contribution in [-0.4, -0.2) is 18.6 Å². The lowest BCUT2D eigenvalue weighted by molar-refractivity contribution is 0.798. The average molecular weight is 267 g/mol. The largest absolute Gasteiger partial charge is 0.319 e. The van der Waals surface area contributed by atoms with E-state index in [1.165, 1.54) is 11.1 Å². The van der Waals surface area contributed by atoms with Gasteiger partial charge >= 0.3 is 0 Å². The van der Waals surface area contributed by atoms with E-state index in [0.29, 0.717) is 5.15 Å². The molecule has 2 aromatic rings. The summed E-state index contributed by atoms with van der Waals surface area (Å²) in [7, 11) is 1.94. The van der Waals surface area contributed by atoms with Gasteiger partial charge in [0.25, 0.3) is 0 Å². The van der Waals surface area contributed by atoms with E-state index >= 15 is 0 Å². The van der Waals surface area contributed by atoms with Gasteiger partial charge in [-0.15, -0.1) is 11.3 Å². The highest BCUT2D eigenvalue weighted by Crippen LogP contribution is 2.32. The van der Waals surface area contributed by atoms with E-state index in [2.05, 4.69) is 29.4 Å². The fraction of sp³-hybridized carbons (Fsp3) is 0.308. The SMILES string of the molecule is CNCCc1sc(-c2ccccc2C)nc1Cl. The highest BCUT2D eigenvalue weighted by Gasteiger charge is 2.11. The van der Waals surface area contributed by atoms with Crippen molar-refractivity contribution in [3.8, 4) is 10.6 Å². The Kier molecular flexibility index (Phi) is 4.15. The predicted molar refractivity (Wildman–Crippen MR) is 74.9 cm³/mol. The van der Waals surface area contributed by atoms with Gasteiger partial charge < -0.3 is 5.32 Å². The van der Waals surface area contributed by atoms with Gasteiger partial charge in [0.1, 0.15) is 10.2 Å². The van der Waals surface area contributed by atoms with E-state index in [1.54, 1.807) is 11.3 Å². The first-order valence-electron chi connectivity index (χ1n) is 5.58. The molecule has 0 bridgehead atoms. The first-order chi connectivity index (χ1) is 8.22. The fourth-order valence-corrected chi connectivity index (χ4v) is 3.04. The van der Waals surface area contributed by atoms with Crippen molar-refractivity contribution in [1.82, 2.24) is 10.3 Å². The third-order valence-corrected chi connectivity index (χ3v) is 4.20. The zero-order valence-electron chi connectivity index (χ0n) is 9.96. The van der Waals surface area contributed by atoms with Gasteiger partial charge in [0, 0.05) is 10.4 Å². The van der Waals surface area contributed by atoms with Crippen molar-refractivity contribution in [2.24, 2.45) is 0 Å². The summed E-state index contributed by atoms with van der Waals surface area (Å²) in [6.07, 6.45) is 0.929. The van der Waals surface area contributed by atoms with Gasteiger partial charge in [0.05, 0.1) is 0 Å². The van der Waals surface area contributed by atoms with Gasteiger partial charge in [0.2, 0.25) is 0 Å². The molecule has 0 aliphatic carbocycles. The van der Waals surface area contributed by atoms with Crippen LogP contribution in [0.15, 0.2) is 24.3 Å². The maximum absolute atomic E-state index is 6.15. The predicted octanol–water partition coefficient (Wildman–Crippen LogP) is 3.53. The number of benzene rings is 1. The smallest absolute Gasteiger partial charge is 0.143 e. The van der Waals surface area contributed by atoms with E-state index < -0.39 is 0 Å². The Balaban J connectivity index is 2.31. The molecule has 1 aromatic heterocycles. The molecule has 0 aliphatic heterocycles. The number of nitrogens with zero attached hydrogens (tertiary/aromatic N) is 1. The Morgan fingerprint density at radius 2 is 2.12 bits per heavy atom. The number of hydrogen-bond donors (Lipinski definition) is 1. The highest BCUT2D eigenvalue weighted by molar-refractivity contribution is 7.15. The summed E-state index contributed by atoms with van der Waals surface area (Å²) >= 11 is 7.84. The molecule has 1 N–H and O–H groups in total. The molecule has 0 atom stereocenters. The molecule has 17 heavy (non-hydrogen) atoms. The molecule has 0 amide bonds. The summed E-state index contributed by atoms with van der Waals surface area (Å²) in [5.41, 5.74) is 2.41. The maximum atomic E-state index is 6.15. The Morgan fingerprint density at radius 3 is 2.82 bits per heavy atom. The number of thiazole rings is 1. The fourth-order valence-electron chi connectivity index (χ4n) is 1.65. The van der Waals surface area contributed by atoms with E-state index in [4.69, 9.17) is 11.6 Å². The molecule has 2 rings (SSSR count). The van der Waals surface area contributed by atoms with Crippen molar-refractivity contribution in [2.45, 2.75) is 13.3 Å². The number of aryl methyl sites for hydroxylation is 1. The highest BCUT2D eigenvalue weighted by atomic mass is 35.5. The average Bonchev–Trinajstić information content (AvgIpc) is 2.68. The minimum Gasteiger partial charge on any atom is -0.319 e. The van der Waals surface area contributed by atoms with E-state index in [0.717, 1.165) is 22.9 Å². The van der Waals surface area contributed by atoms with Crippen molar-refractivity contribution in [1.29, 1.82) is 0 Å². The van der Waals surface area contributed by atoms with Crippen molar-refractivity contribution < 1.29 is 0 Å². The van der Waals surface area contributed by atoms with Crippen LogP contribution in [-0.2, 0) is 6.42 Å². The van der Waals surface area contributed by atoms with E-state index in [9.17, 15) is 0 Å². The van der Waals surface area contributed by atoms with Crippen LogP contribution >= 0.6 is 22.9 Å². The lowest BCUT2D eigenvalue weighted by atomic mass is 10.1. The Morgan fingerprint density at radius 1 is 1.35 bits per heavy atom. The van der Waals surface area contributed by atoms with Crippen LogP contribution < -0.4 is 5.32 Å². The van der Waals surface area contributed by atoms with Crippen LogP contribution in [0.4, 0.5) is 0 Å². The standard InChI is InChI=1S/C13H15ClN2S/c1-9-5-3-4-6-10(9)13-16-12(14)11(17-13)7-8-15-2/h3-6,15H,7-8H2,1-2H3. The lowest BCUT2D eigenvalue weighted by Gasteiger charge is -1.99.